The van der Waals surface area contributed by atoms with Crippen LogP contribution >= 0.6 is 11.3 Å². The molecular weight excluding hydrogens is 588 g/mol. The molecule has 2 saturated heterocycles. The number of ether oxygens (including phenoxy) is 2. The fraction of sp³-hybridized carbons (Fsp3) is 0.500. The molecule has 2 N–H and O–H groups in total. The Kier molecular flexibility index (Phi) is 6.99. The number of aromatic nitrogens is 1. The number of benzene rings is 2. The van der Waals surface area contributed by atoms with Gasteiger partial charge in [0.25, 0.3) is 5.91 Å². The van der Waals surface area contributed by atoms with Gasteiger partial charge in [0.2, 0.25) is 5.91 Å². The second-order valence-electron chi connectivity index (χ2n) is 12.0. The number of fused-ring (bicyclic) bond motifs is 4. The molecule has 0 unspecified atom stereocenters. The van der Waals surface area contributed by atoms with Crippen LogP contribution in [0.5, 0.6) is 5.75 Å². The van der Waals surface area contributed by atoms with E-state index in [1.807, 2.05) is 6.07 Å². The Hall–Kier alpha value is -3.45. The van der Waals surface area contributed by atoms with Crippen LogP contribution in [0.25, 0.3) is 10.2 Å². The summed E-state index contributed by atoms with van der Waals surface area (Å²) in [5.41, 5.74) is -0.564. The molecule has 2 saturated carbocycles. The van der Waals surface area contributed by atoms with E-state index in [0.717, 1.165) is 56.8 Å². The first-order valence-electron chi connectivity index (χ1n) is 14.4. The molecule has 7 rings (SSSR count). The number of nitrogens with zero attached hydrogens (tertiary/aromatic N) is 2. The van der Waals surface area contributed by atoms with Crippen molar-refractivity contribution < 1.29 is 36.6 Å². The monoisotopic (exact) mass is 618 g/mol. The summed E-state index contributed by atoms with van der Waals surface area (Å²) in [5, 5.41) is 6.48. The minimum Gasteiger partial charge on any atom is -0.496 e. The summed E-state index contributed by atoms with van der Waals surface area (Å²) in [7, 11) is 1.49. The topological polar surface area (TPSA) is 92.8 Å². The summed E-state index contributed by atoms with van der Waals surface area (Å²) in [6, 6.07) is 5.43. The third kappa shape index (κ3) is 4.99. The number of anilines is 2. The van der Waals surface area contributed by atoms with Crippen molar-refractivity contribution in [2.45, 2.75) is 31.5 Å². The van der Waals surface area contributed by atoms with E-state index in [-0.39, 0.29) is 23.4 Å². The fourth-order valence-electron chi connectivity index (χ4n) is 7.47. The van der Waals surface area contributed by atoms with Crippen LogP contribution in [-0.2, 0) is 15.7 Å². The van der Waals surface area contributed by atoms with Crippen molar-refractivity contribution in [3.8, 4) is 5.75 Å². The quantitative estimate of drug-likeness (QED) is 0.363. The first-order valence-corrected chi connectivity index (χ1v) is 15.2. The maximum absolute atomic E-state index is 13.9. The van der Waals surface area contributed by atoms with Gasteiger partial charge in [-0.1, -0.05) is 11.3 Å². The third-order valence-corrected chi connectivity index (χ3v) is 10.7. The fourth-order valence-corrected chi connectivity index (χ4v) is 8.59. The summed E-state index contributed by atoms with van der Waals surface area (Å²) in [6.45, 7) is 3.19. The van der Waals surface area contributed by atoms with E-state index in [1.165, 1.54) is 18.4 Å². The summed E-state index contributed by atoms with van der Waals surface area (Å²) in [4.78, 5) is 34.5. The molecular formula is C30H30F4N4O4S. The maximum atomic E-state index is 13.9. The number of nitrogens with one attached hydrogen (secondary N) is 2. The predicted molar refractivity (Wildman–Crippen MR) is 152 cm³/mol. The Morgan fingerprint density at radius 3 is 2.53 bits per heavy atom. The molecule has 2 aliphatic heterocycles. The highest BCUT2D eigenvalue weighted by Crippen LogP contribution is 2.49. The smallest absolute Gasteiger partial charge is 0.419 e. The number of methoxy groups -OCH3 is 1. The lowest BCUT2D eigenvalue weighted by Crippen LogP contribution is -2.48. The van der Waals surface area contributed by atoms with E-state index >= 15 is 0 Å². The van der Waals surface area contributed by atoms with Gasteiger partial charge in [0, 0.05) is 36.7 Å². The first kappa shape index (κ1) is 28.3. The van der Waals surface area contributed by atoms with Crippen molar-refractivity contribution in [2.24, 2.45) is 29.6 Å². The van der Waals surface area contributed by atoms with Crippen LogP contribution < -0.4 is 20.3 Å². The molecule has 43 heavy (non-hydrogen) atoms. The van der Waals surface area contributed by atoms with Gasteiger partial charge >= 0.3 is 6.18 Å². The molecule has 228 valence electrons. The molecule has 8 nitrogen and oxygen atoms in total. The normalized spacial score (nSPS) is 28.0. The van der Waals surface area contributed by atoms with Crippen molar-refractivity contribution in [1.29, 1.82) is 0 Å². The summed E-state index contributed by atoms with van der Waals surface area (Å²) >= 11 is 1.44. The zero-order valence-electron chi connectivity index (χ0n) is 23.2. The van der Waals surface area contributed by atoms with Gasteiger partial charge in [0.05, 0.1) is 42.0 Å². The molecule has 4 aliphatic rings. The van der Waals surface area contributed by atoms with Crippen LogP contribution in [-0.4, -0.2) is 56.3 Å². The van der Waals surface area contributed by atoms with Crippen LogP contribution in [0, 0.1) is 35.4 Å². The molecule has 2 aromatic carbocycles. The number of thiazole rings is 1. The molecule has 2 aliphatic carbocycles. The van der Waals surface area contributed by atoms with Crippen LogP contribution in [0.1, 0.15) is 35.2 Å². The van der Waals surface area contributed by atoms with Gasteiger partial charge in [-0.05, 0) is 61.4 Å². The number of carbonyl (C=O) groups excluding carboxylic acids is 2. The predicted octanol–water partition coefficient (Wildman–Crippen LogP) is 5.33. The molecule has 6 atom stereocenters. The highest BCUT2D eigenvalue weighted by molar-refractivity contribution is 7.22. The Balaban J connectivity index is 1.14. The maximum Gasteiger partial charge on any atom is 0.419 e. The van der Waals surface area contributed by atoms with E-state index in [9.17, 15) is 27.2 Å². The minimum absolute atomic E-state index is 0.0240. The Morgan fingerprint density at radius 1 is 1.07 bits per heavy atom. The van der Waals surface area contributed by atoms with Crippen molar-refractivity contribution >= 4 is 44.2 Å². The van der Waals surface area contributed by atoms with Gasteiger partial charge in [-0.15, -0.1) is 0 Å². The number of amides is 2. The van der Waals surface area contributed by atoms with Gasteiger partial charge in [0.15, 0.2) is 5.13 Å². The Labute approximate surface area is 248 Å². The first-order chi connectivity index (χ1) is 20.6. The van der Waals surface area contributed by atoms with Gasteiger partial charge in [0.1, 0.15) is 17.1 Å². The van der Waals surface area contributed by atoms with Gasteiger partial charge < -0.3 is 25.0 Å². The number of rotatable bonds is 6. The number of halogens is 4. The molecule has 13 heteroatoms. The minimum atomic E-state index is -4.90. The Morgan fingerprint density at radius 2 is 1.81 bits per heavy atom. The lowest BCUT2D eigenvalue weighted by molar-refractivity contribution is -0.140. The molecule has 4 fully saturated rings. The van der Waals surface area contributed by atoms with E-state index in [2.05, 4.69) is 15.5 Å². The van der Waals surface area contributed by atoms with Gasteiger partial charge in [-0.3, -0.25) is 9.59 Å². The lowest BCUT2D eigenvalue weighted by Gasteiger charge is -2.31. The molecule has 3 aromatic rings. The molecule has 0 radical (unpaired) electrons. The summed E-state index contributed by atoms with van der Waals surface area (Å²) in [6.07, 6.45) is -2.55. The third-order valence-electron chi connectivity index (χ3n) is 9.52. The van der Waals surface area contributed by atoms with E-state index in [0.29, 0.717) is 45.5 Å². The highest BCUT2D eigenvalue weighted by atomic mass is 32.1. The van der Waals surface area contributed by atoms with Crippen LogP contribution in [0.15, 0.2) is 30.3 Å². The Bertz CT molecular complexity index is 1580. The zero-order chi connectivity index (χ0) is 30.0. The standard InChI is InChI=1S/C30H30F4N4O4S/c1-41-22-7-6-21-26(43-29(36-21)38-10-16-12-42-13-17(16)11-38)24(22)28(40)37-25-15-3-2-14(8-15)23(25)27(39)35-18-4-5-20(31)19(9-18)30(32,33)34/h4-7,9,14-17,23,25H,2-3,8,10-13H2,1H3,(H,35,39)(H,37,40)/t14-,15+,16-,17+,23+,25-/m1/s1. The van der Waals surface area contributed by atoms with Crippen molar-refractivity contribution in [3.63, 3.8) is 0 Å². The van der Waals surface area contributed by atoms with E-state index in [4.69, 9.17) is 14.5 Å². The van der Waals surface area contributed by atoms with E-state index in [1.54, 1.807) is 6.07 Å². The molecule has 3 heterocycles. The number of hydrogen-bond acceptors (Lipinski definition) is 7. The van der Waals surface area contributed by atoms with Crippen LogP contribution in [0.2, 0.25) is 0 Å². The average Bonchev–Trinajstić information content (AvgIpc) is 3.78. The second-order valence-corrected chi connectivity index (χ2v) is 13.0. The summed E-state index contributed by atoms with van der Waals surface area (Å²) < 4.78 is 65.4. The largest absolute Gasteiger partial charge is 0.496 e. The van der Waals surface area contributed by atoms with Crippen molar-refractivity contribution in [3.05, 3.63) is 47.3 Å². The van der Waals surface area contributed by atoms with Crippen LogP contribution in [0.4, 0.5) is 28.4 Å². The molecule has 1 aromatic heterocycles. The number of carbonyl (C=O) groups is 2. The number of hydrogen-bond donors (Lipinski definition) is 2. The molecule has 2 amide bonds. The van der Waals surface area contributed by atoms with Crippen molar-refractivity contribution in [2.75, 3.05) is 43.6 Å². The summed E-state index contributed by atoms with van der Waals surface area (Å²) in [5.74, 6) is -1.57. The van der Waals surface area contributed by atoms with Crippen molar-refractivity contribution in [1.82, 2.24) is 10.3 Å². The van der Waals surface area contributed by atoms with Gasteiger partial charge in [-0.25, -0.2) is 9.37 Å². The lowest BCUT2D eigenvalue weighted by atomic mass is 9.83. The number of alkyl halides is 3. The van der Waals surface area contributed by atoms with E-state index < -0.39 is 35.4 Å². The zero-order valence-corrected chi connectivity index (χ0v) is 24.1. The van der Waals surface area contributed by atoms with Gasteiger partial charge in [-0.2, -0.15) is 13.2 Å². The SMILES string of the molecule is COc1ccc2nc(N3C[C@H]4COC[C@H]4C3)sc2c1C(=O)N[C@@H]1[C@H]2CC[C@H](C2)[C@@H]1C(=O)Nc1ccc(F)c(C(F)(F)F)c1. The molecule has 2 bridgehead atoms. The average molecular weight is 619 g/mol. The molecule has 0 spiro atoms. The van der Waals surface area contributed by atoms with Crippen LogP contribution in [0.3, 0.4) is 0 Å². The highest BCUT2D eigenvalue weighted by Gasteiger charge is 2.51. The second kappa shape index (κ2) is 10.6.